The van der Waals surface area contributed by atoms with Gasteiger partial charge in [-0.2, -0.15) is 0 Å². The predicted molar refractivity (Wildman–Crippen MR) is 49.4 cm³/mol. The van der Waals surface area contributed by atoms with Gasteiger partial charge < -0.3 is 15.9 Å². The zero-order valence-electron chi connectivity index (χ0n) is 8.29. The van der Waals surface area contributed by atoms with Crippen LogP contribution in [0.3, 0.4) is 0 Å². The molecular weight excluding hydrogens is 154 g/mol. The molecule has 0 aromatic heterocycles. The summed E-state index contributed by atoms with van der Waals surface area (Å²) in [6.07, 6.45) is 5.13. The van der Waals surface area contributed by atoms with E-state index in [0.29, 0.717) is 0 Å². The second kappa shape index (κ2) is 10.9. The molecule has 0 amide bonds. The Morgan fingerprint density at radius 2 is 1.92 bits per heavy atom. The van der Waals surface area contributed by atoms with Crippen molar-refractivity contribution in [3.8, 4) is 0 Å². The van der Waals surface area contributed by atoms with Gasteiger partial charge in [0.05, 0.1) is 12.6 Å². The summed E-state index contributed by atoms with van der Waals surface area (Å²) >= 11 is 0. The van der Waals surface area contributed by atoms with Crippen LogP contribution in [0.1, 0.15) is 39.5 Å². The third-order valence-corrected chi connectivity index (χ3v) is 1.77. The van der Waals surface area contributed by atoms with E-state index < -0.39 is 0 Å². The van der Waals surface area contributed by atoms with Crippen molar-refractivity contribution < 1.29 is 15.9 Å². The Balaban J connectivity index is 0. The van der Waals surface area contributed by atoms with Crippen molar-refractivity contribution in [2.45, 2.75) is 45.6 Å². The summed E-state index contributed by atoms with van der Waals surface area (Å²) in [5, 5.41) is 11.1. The number of hydrogen-bond acceptors (Lipinski definition) is 2. The molecule has 0 spiro atoms. The summed E-state index contributed by atoms with van der Waals surface area (Å²) in [4.78, 5) is 0. The fraction of sp³-hybridized carbons (Fsp3) is 1.00. The minimum absolute atomic E-state index is 0. The third kappa shape index (κ3) is 12.5. The molecule has 0 saturated carbocycles. The van der Waals surface area contributed by atoms with Gasteiger partial charge in [0, 0.05) is 0 Å². The van der Waals surface area contributed by atoms with E-state index in [1.807, 2.05) is 6.92 Å². The van der Waals surface area contributed by atoms with Gasteiger partial charge in [-0.25, -0.2) is 0 Å². The van der Waals surface area contributed by atoms with Gasteiger partial charge in [-0.15, -0.1) is 0 Å². The van der Waals surface area contributed by atoms with Gasteiger partial charge in [0.1, 0.15) is 6.54 Å². The maximum absolute atomic E-state index is 8.92. The largest absolute Gasteiger partial charge is 0.870 e. The quantitative estimate of drug-likeness (QED) is 0.550. The first-order valence-electron chi connectivity index (χ1n) is 4.77. The van der Waals surface area contributed by atoms with Crippen molar-refractivity contribution >= 4 is 0 Å². The summed E-state index contributed by atoms with van der Waals surface area (Å²) in [6, 6.07) is 0. The first kappa shape index (κ1) is 14.4. The predicted octanol–water partition coefficient (Wildman–Crippen LogP) is 0.334. The number of aliphatic hydroxyl groups excluding tert-OH is 1. The normalized spacial score (nSPS) is 12.2. The van der Waals surface area contributed by atoms with Crippen molar-refractivity contribution in [1.29, 1.82) is 0 Å². The monoisotopic (exact) mass is 177 g/mol. The highest BCUT2D eigenvalue weighted by molar-refractivity contribution is 4.39. The molecule has 0 fully saturated rings. The summed E-state index contributed by atoms with van der Waals surface area (Å²) in [6.45, 7) is 6.08. The van der Waals surface area contributed by atoms with Crippen LogP contribution in [0.2, 0.25) is 0 Å². The maximum atomic E-state index is 8.92. The Bertz CT molecular complexity index is 76.9. The molecule has 0 aliphatic rings. The molecule has 0 aromatic rings. The minimum atomic E-state index is -0.152. The summed E-state index contributed by atoms with van der Waals surface area (Å²) in [7, 11) is 0. The second-order valence-corrected chi connectivity index (χ2v) is 3.22. The van der Waals surface area contributed by atoms with Crippen LogP contribution in [-0.2, 0) is 0 Å². The summed E-state index contributed by atoms with van der Waals surface area (Å²) in [5.41, 5.74) is 0. The highest BCUT2D eigenvalue weighted by Gasteiger charge is 1.96. The van der Waals surface area contributed by atoms with Gasteiger partial charge in [-0.1, -0.05) is 19.8 Å². The van der Waals surface area contributed by atoms with Crippen LogP contribution in [0.25, 0.3) is 0 Å². The number of unbranched alkanes of at least 4 members (excludes halogenated alkanes) is 3. The molecule has 3 heteroatoms. The molecule has 0 radical (unpaired) electrons. The van der Waals surface area contributed by atoms with Gasteiger partial charge in [0.25, 0.3) is 0 Å². The average molecular weight is 177 g/mol. The Kier molecular flexibility index (Phi) is 13.1. The number of hydrogen-bond donors (Lipinski definition) is 2. The fourth-order valence-electron chi connectivity index (χ4n) is 1.07. The molecule has 0 saturated heterocycles. The van der Waals surface area contributed by atoms with E-state index in [1.54, 1.807) is 0 Å². The fourth-order valence-corrected chi connectivity index (χ4v) is 1.07. The van der Waals surface area contributed by atoms with Gasteiger partial charge >= 0.3 is 0 Å². The van der Waals surface area contributed by atoms with Crippen molar-refractivity contribution in [2.24, 2.45) is 0 Å². The van der Waals surface area contributed by atoms with E-state index >= 15 is 0 Å². The molecule has 0 aromatic carbocycles. The van der Waals surface area contributed by atoms with E-state index in [9.17, 15) is 0 Å². The smallest absolute Gasteiger partial charge is 0.102 e. The zero-order chi connectivity index (χ0) is 8.53. The molecule has 1 unspecified atom stereocenters. The minimum Gasteiger partial charge on any atom is -0.870 e. The maximum Gasteiger partial charge on any atom is 0.102 e. The molecule has 3 nitrogen and oxygen atoms in total. The lowest BCUT2D eigenvalue weighted by atomic mass is 10.2. The SMILES string of the molecule is CCCCCC[NH2+]CC(C)O.[OH-]. The van der Waals surface area contributed by atoms with Crippen LogP contribution in [0.4, 0.5) is 0 Å². The van der Waals surface area contributed by atoms with Crippen LogP contribution < -0.4 is 5.32 Å². The van der Waals surface area contributed by atoms with Gasteiger partial charge in [-0.05, 0) is 19.8 Å². The van der Waals surface area contributed by atoms with E-state index in [1.165, 1.54) is 32.2 Å². The highest BCUT2D eigenvalue weighted by Crippen LogP contribution is 1.95. The molecule has 0 bridgehead atoms. The van der Waals surface area contributed by atoms with Gasteiger partial charge in [0.15, 0.2) is 0 Å². The lowest BCUT2D eigenvalue weighted by Crippen LogP contribution is -2.86. The average Bonchev–Trinajstić information content (AvgIpc) is 1.96. The van der Waals surface area contributed by atoms with Crippen molar-refractivity contribution in [1.82, 2.24) is 0 Å². The van der Waals surface area contributed by atoms with Crippen molar-refractivity contribution in [3.63, 3.8) is 0 Å². The third-order valence-electron chi connectivity index (χ3n) is 1.77. The zero-order valence-corrected chi connectivity index (χ0v) is 8.29. The second-order valence-electron chi connectivity index (χ2n) is 3.22. The van der Waals surface area contributed by atoms with E-state index in [4.69, 9.17) is 5.11 Å². The Morgan fingerprint density at radius 1 is 1.25 bits per heavy atom. The van der Waals surface area contributed by atoms with Gasteiger partial charge in [0.2, 0.25) is 0 Å². The van der Waals surface area contributed by atoms with E-state index in [-0.39, 0.29) is 11.6 Å². The first-order valence-corrected chi connectivity index (χ1v) is 4.77. The topological polar surface area (TPSA) is 66.8 Å². The lowest BCUT2D eigenvalue weighted by Gasteiger charge is -2.02. The molecule has 0 aliphatic heterocycles. The van der Waals surface area contributed by atoms with E-state index in [2.05, 4.69) is 12.2 Å². The van der Waals surface area contributed by atoms with Crippen LogP contribution in [0.5, 0.6) is 0 Å². The van der Waals surface area contributed by atoms with Crippen LogP contribution >= 0.6 is 0 Å². The number of nitrogens with two attached hydrogens (primary N) is 1. The first-order chi connectivity index (χ1) is 5.27. The molecule has 76 valence electrons. The Morgan fingerprint density at radius 3 is 2.42 bits per heavy atom. The summed E-state index contributed by atoms with van der Waals surface area (Å²) in [5.74, 6) is 0. The Hall–Kier alpha value is -0.120. The van der Waals surface area contributed by atoms with E-state index in [0.717, 1.165) is 6.54 Å². The number of aliphatic hydroxyl groups is 1. The number of rotatable bonds is 7. The molecule has 0 aliphatic carbocycles. The lowest BCUT2D eigenvalue weighted by molar-refractivity contribution is -0.660. The molecule has 0 heterocycles. The van der Waals surface area contributed by atoms with Crippen molar-refractivity contribution in [3.05, 3.63) is 0 Å². The summed E-state index contributed by atoms with van der Waals surface area (Å²) < 4.78 is 0. The molecule has 4 N–H and O–H groups in total. The van der Waals surface area contributed by atoms with Gasteiger partial charge in [-0.3, -0.25) is 0 Å². The standard InChI is InChI=1S/C9H21NO.H2O/c1-3-4-5-6-7-10-8-9(2)11;/h9-11H,3-8H2,1-2H3;1H2. The molecule has 1 atom stereocenters. The number of quaternary nitrogens is 1. The van der Waals surface area contributed by atoms with Crippen LogP contribution in [0.15, 0.2) is 0 Å². The molecular formula is C9H23NO2. The van der Waals surface area contributed by atoms with Crippen LogP contribution in [0, 0.1) is 0 Å². The Labute approximate surface area is 75.5 Å². The highest BCUT2D eigenvalue weighted by atomic mass is 16.3. The van der Waals surface area contributed by atoms with Crippen molar-refractivity contribution in [2.75, 3.05) is 13.1 Å². The molecule has 0 rings (SSSR count). The van der Waals surface area contributed by atoms with Crippen LogP contribution in [-0.4, -0.2) is 29.8 Å². The molecule has 12 heavy (non-hydrogen) atoms.